The Morgan fingerprint density at radius 2 is 2.25 bits per heavy atom. The van der Waals surface area contributed by atoms with E-state index in [9.17, 15) is 14.9 Å². The first-order valence-corrected chi connectivity index (χ1v) is 8.07. The Labute approximate surface area is 145 Å². The summed E-state index contributed by atoms with van der Waals surface area (Å²) in [5.41, 5.74) is 3.07. The highest BCUT2D eigenvalue weighted by molar-refractivity contribution is 9.10. The van der Waals surface area contributed by atoms with Gasteiger partial charge in [0, 0.05) is 23.5 Å². The van der Waals surface area contributed by atoms with Gasteiger partial charge in [-0.1, -0.05) is 0 Å². The van der Waals surface area contributed by atoms with Crippen molar-refractivity contribution < 1.29 is 9.53 Å². The number of aryl methyl sites for hydroxylation is 1. The summed E-state index contributed by atoms with van der Waals surface area (Å²) in [4.78, 5) is 24.8. The van der Waals surface area contributed by atoms with Crippen LogP contribution in [0.1, 0.15) is 33.7 Å². The van der Waals surface area contributed by atoms with Crippen LogP contribution in [0.2, 0.25) is 0 Å². The molecule has 3 heterocycles. The summed E-state index contributed by atoms with van der Waals surface area (Å²) >= 11 is 3.35. The smallest absolute Gasteiger partial charge is 0.290 e. The number of ether oxygens (including phenoxy) is 1. The number of hydrogen-bond acceptors (Lipinski definition) is 5. The minimum atomic E-state index is -0.579. The van der Waals surface area contributed by atoms with Gasteiger partial charge in [0.15, 0.2) is 5.69 Å². The van der Waals surface area contributed by atoms with E-state index < -0.39 is 11.5 Å². The third-order valence-corrected chi connectivity index (χ3v) is 5.01. The number of aromatic nitrogens is 3. The molecule has 0 aliphatic carbocycles. The van der Waals surface area contributed by atoms with E-state index >= 15 is 0 Å². The molecule has 1 N–H and O–H groups in total. The lowest BCUT2D eigenvalue weighted by Crippen LogP contribution is -2.37. The molecular weight excluding hydrogens is 378 g/mol. The Bertz CT molecular complexity index is 915. The van der Waals surface area contributed by atoms with Gasteiger partial charge < -0.3 is 4.74 Å². The first-order chi connectivity index (χ1) is 11.4. The normalized spacial score (nSPS) is 12.9. The zero-order valence-corrected chi connectivity index (χ0v) is 14.7. The topological polar surface area (TPSA) is 102 Å². The summed E-state index contributed by atoms with van der Waals surface area (Å²) in [7, 11) is 0. The van der Waals surface area contributed by atoms with Crippen LogP contribution < -0.4 is 15.7 Å². The summed E-state index contributed by atoms with van der Waals surface area (Å²) in [5, 5.41) is 13.3. The van der Waals surface area contributed by atoms with Gasteiger partial charge in [-0.25, -0.2) is 9.36 Å². The maximum absolute atomic E-state index is 12.4. The average Bonchev–Trinajstić information content (AvgIpc) is 3.01. The van der Waals surface area contributed by atoms with Crippen LogP contribution in [0.5, 0.6) is 5.88 Å². The average molecular weight is 392 g/mol. The lowest BCUT2D eigenvalue weighted by atomic mass is 10.1. The van der Waals surface area contributed by atoms with E-state index in [0.717, 1.165) is 11.1 Å². The standard InChI is InChI=1S/C15H14BrN5O3/c1-8-10(7-17)15(23)21(9(2)13(8)16)19-14(22)11-6-12-20(18-11)4-3-5-24-12/h6H,3-5H2,1-2H3,(H,19,22). The lowest BCUT2D eigenvalue weighted by molar-refractivity contribution is 0.100. The molecule has 124 valence electrons. The number of halogens is 1. The van der Waals surface area contributed by atoms with Crippen molar-refractivity contribution in [1.29, 1.82) is 5.26 Å². The zero-order valence-electron chi connectivity index (χ0n) is 13.1. The number of nitriles is 1. The Morgan fingerprint density at radius 3 is 2.92 bits per heavy atom. The van der Waals surface area contributed by atoms with Gasteiger partial charge in [0.2, 0.25) is 5.88 Å². The third-order valence-electron chi connectivity index (χ3n) is 3.84. The highest BCUT2D eigenvalue weighted by atomic mass is 79.9. The number of rotatable bonds is 2. The van der Waals surface area contributed by atoms with Crippen LogP contribution in [0, 0.1) is 25.2 Å². The van der Waals surface area contributed by atoms with Crippen LogP contribution in [-0.2, 0) is 6.54 Å². The molecule has 24 heavy (non-hydrogen) atoms. The van der Waals surface area contributed by atoms with Gasteiger partial charge in [-0.05, 0) is 35.3 Å². The van der Waals surface area contributed by atoms with Gasteiger partial charge in [-0.2, -0.15) is 10.4 Å². The maximum Gasteiger partial charge on any atom is 0.290 e. The Hall–Kier alpha value is -2.60. The fraction of sp³-hybridized carbons (Fsp3) is 0.333. The monoisotopic (exact) mass is 391 g/mol. The quantitative estimate of drug-likeness (QED) is 0.834. The largest absolute Gasteiger partial charge is 0.478 e. The molecule has 0 saturated heterocycles. The maximum atomic E-state index is 12.4. The number of nitrogens with zero attached hydrogens (tertiary/aromatic N) is 4. The van der Waals surface area contributed by atoms with Crippen molar-refractivity contribution in [2.45, 2.75) is 26.8 Å². The SMILES string of the molecule is Cc1c(Br)c(C)n(NC(=O)c2cc3n(n2)CCCO3)c(=O)c1C#N. The molecule has 9 heteroatoms. The number of carbonyl (C=O) groups excluding carboxylic acids is 1. The Morgan fingerprint density at radius 1 is 1.50 bits per heavy atom. The van der Waals surface area contributed by atoms with Crippen LogP contribution >= 0.6 is 15.9 Å². The van der Waals surface area contributed by atoms with E-state index in [-0.39, 0.29) is 11.3 Å². The molecule has 0 unspecified atom stereocenters. The molecule has 0 fully saturated rings. The second-order valence-corrected chi connectivity index (χ2v) is 6.18. The van der Waals surface area contributed by atoms with Gasteiger partial charge >= 0.3 is 0 Å². The van der Waals surface area contributed by atoms with Crippen molar-refractivity contribution in [3.63, 3.8) is 0 Å². The molecule has 1 amide bonds. The van der Waals surface area contributed by atoms with Crippen molar-refractivity contribution in [3.05, 3.63) is 43.4 Å². The van der Waals surface area contributed by atoms with Crippen molar-refractivity contribution >= 4 is 21.8 Å². The minimum Gasteiger partial charge on any atom is -0.478 e. The molecule has 1 aliphatic heterocycles. The van der Waals surface area contributed by atoms with E-state index in [1.165, 1.54) is 6.07 Å². The number of pyridine rings is 1. The van der Waals surface area contributed by atoms with Crippen LogP contribution in [0.25, 0.3) is 0 Å². The molecule has 8 nitrogen and oxygen atoms in total. The van der Waals surface area contributed by atoms with Gasteiger partial charge in [-0.15, -0.1) is 0 Å². The molecule has 0 atom stereocenters. The Balaban J connectivity index is 1.98. The van der Waals surface area contributed by atoms with E-state index in [0.29, 0.717) is 34.8 Å². The Kier molecular flexibility index (Phi) is 4.15. The first-order valence-electron chi connectivity index (χ1n) is 7.28. The summed E-state index contributed by atoms with van der Waals surface area (Å²) < 4.78 is 8.68. The molecule has 0 spiro atoms. The van der Waals surface area contributed by atoms with Crippen molar-refractivity contribution in [2.75, 3.05) is 12.0 Å². The summed E-state index contributed by atoms with van der Waals surface area (Å²) in [6.45, 7) is 4.60. The van der Waals surface area contributed by atoms with Gasteiger partial charge in [0.05, 0.1) is 12.3 Å². The number of amides is 1. The molecule has 0 saturated carbocycles. The fourth-order valence-corrected chi connectivity index (χ4v) is 2.88. The fourth-order valence-electron chi connectivity index (χ4n) is 2.51. The number of nitrogens with one attached hydrogen (secondary N) is 1. The molecule has 2 aromatic rings. The third kappa shape index (κ3) is 2.59. The molecule has 2 aromatic heterocycles. The number of carbonyl (C=O) groups is 1. The highest BCUT2D eigenvalue weighted by Gasteiger charge is 2.21. The molecule has 0 aromatic carbocycles. The number of hydrogen-bond donors (Lipinski definition) is 1. The predicted molar refractivity (Wildman–Crippen MR) is 88.6 cm³/mol. The lowest BCUT2D eigenvalue weighted by Gasteiger charge is -2.14. The second kappa shape index (κ2) is 6.13. The first kappa shape index (κ1) is 16.3. The van der Waals surface area contributed by atoms with Crippen LogP contribution in [0.4, 0.5) is 0 Å². The number of fused-ring (bicyclic) bond motifs is 1. The van der Waals surface area contributed by atoms with Crippen LogP contribution in [-0.4, -0.2) is 27.0 Å². The van der Waals surface area contributed by atoms with Crippen LogP contribution in [0.15, 0.2) is 15.3 Å². The molecule has 3 rings (SSSR count). The molecular formula is C15H14BrN5O3. The summed E-state index contributed by atoms with van der Waals surface area (Å²) in [6, 6.07) is 3.40. The van der Waals surface area contributed by atoms with Gasteiger partial charge in [0.25, 0.3) is 11.5 Å². The molecule has 0 radical (unpaired) electrons. The predicted octanol–water partition coefficient (Wildman–Crippen LogP) is 1.46. The molecule has 1 aliphatic rings. The highest BCUT2D eigenvalue weighted by Crippen LogP contribution is 2.21. The minimum absolute atomic E-state index is 0.0276. The van der Waals surface area contributed by atoms with Crippen molar-refractivity contribution in [2.24, 2.45) is 0 Å². The molecule has 0 bridgehead atoms. The van der Waals surface area contributed by atoms with Crippen molar-refractivity contribution in [3.8, 4) is 11.9 Å². The summed E-state index contributed by atoms with van der Waals surface area (Å²) in [5.74, 6) is -0.0244. The van der Waals surface area contributed by atoms with E-state index in [2.05, 4.69) is 26.5 Å². The van der Waals surface area contributed by atoms with E-state index in [4.69, 9.17) is 4.74 Å². The van der Waals surface area contributed by atoms with Gasteiger partial charge in [0.1, 0.15) is 11.6 Å². The van der Waals surface area contributed by atoms with Crippen LogP contribution in [0.3, 0.4) is 0 Å². The van der Waals surface area contributed by atoms with E-state index in [1.807, 2.05) is 6.07 Å². The zero-order chi connectivity index (χ0) is 17.4. The summed E-state index contributed by atoms with van der Waals surface area (Å²) in [6.07, 6.45) is 0.824. The van der Waals surface area contributed by atoms with Gasteiger partial charge in [-0.3, -0.25) is 15.0 Å². The van der Waals surface area contributed by atoms with Crippen molar-refractivity contribution in [1.82, 2.24) is 14.5 Å². The second-order valence-electron chi connectivity index (χ2n) is 5.39. The van der Waals surface area contributed by atoms with E-state index in [1.54, 1.807) is 18.5 Å².